The van der Waals surface area contributed by atoms with Crippen molar-refractivity contribution >= 4 is 29.2 Å². The number of furan rings is 1. The minimum Gasteiger partial charge on any atom is -0.455 e. The van der Waals surface area contributed by atoms with Gasteiger partial charge in [0.2, 0.25) is 0 Å². The van der Waals surface area contributed by atoms with Gasteiger partial charge in [-0.15, -0.1) is 0 Å². The van der Waals surface area contributed by atoms with Crippen LogP contribution in [0.25, 0.3) is 22.5 Å². The summed E-state index contributed by atoms with van der Waals surface area (Å²) in [5.41, 5.74) is 10.6. The minimum atomic E-state index is 0.697. The topological polar surface area (TPSA) is 51.5 Å². The van der Waals surface area contributed by atoms with Gasteiger partial charge in [-0.3, -0.25) is 4.99 Å². The van der Waals surface area contributed by atoms with Crippen LogP contribution in [0.4, 0.5) is 11.4 Å². The standard InChI is InChI=1S/C23H17ClN2O/c24-19-7-1-18(2-8-19)23-14-13-22(27-23)15-26-21-11-5-17(6-12-21)16-3-9-20(25)10-4-16/h1-15H,25H2. The highest BCUT2D eigenvalue weighted by Gasteiger charge is 2.03. The van der Waals surface area contributed by atoms with Crippen molar-refractivity contribution in [3.05, 3.63) is 95.7 Å². The highest BCUT2D eigenvalue weighted by Crippen LogP contribution is 2.25. The molecule has 4 heteroatoms. The summed E-state index contributed by atoms with van der Waals surface area (Å²) in [6.45, 7) is 0. The fraction of sp³-hybridized carbons (Fsp3) is 0. The lowest BCUT2D eigenvalue weighted by atomic mass is 10.1. The van der Waals surface area contributed by atoms with E-state index in [-0.39, 0.29) is 0 Å². The summed E-state index contributed by atoms with van der Waals surface area (Å²) in [6, 6.07) is 27.2. The van der Waals surface area contributed by atoms with Crippen LogP contribution in [0.2, 0.25) is 5.02 Å². The first-order valence-corrected chi connectivity index (χ1v) is 8.91. The van der Waals surface area contributed by atoms with Gasteiger partial charge >= 0.3 is 0 Å². The van der Waals surface area contributed by atoms with E-state index in [1.807, 2.05) is 84.9 Å². The molecule has 0 aliphatic rings. The van der Waals surface area contributed by atoms with Crippen molar-refractivity contribution < 1.29 is 4.42 Å². The Labute approximate surface area is 162 Å². The average molecular weight is 373 g/mol. The van der Waals surface area contributed by atoms with Crippen LogP contribution in [-0.2, 0) is 0 Å². The van der Waals surface area contributed by atoms with Crippen LogP contribution >= 0.6 is 11.6 Å². The molecule has 132 valence electrons. The second-order valence-corrected chi connectivity index (χ2v) is 6.57. The van der Waals surface area contributed by atoms with Gasteiger partial charge in [0.15, 0.2) is 0 Å². The molecule has 0 amide bonds. The molecule has 27 heavy (non-hydrogen) atoms. The van der Waals surface area contributed by atoms with Crippen LogP contribution in [0, 0.1) is 0 Å². The lowest BCUT2D eigenvalue weighted by Crippen LogP contribution is -1.83. The molecular weight excluding hydrogens is 356 g/mol. The zero-order valence-electron chi connectivity index (χ0n) is 14.5. The predicted octanol–water partition coefficient (Wildman–Crippen LogP) is 6.60. The van der Waals surface area contributed by atoms with Gasteiger partial charge in [0.25, 0.3) is 0 Å². The van der Waals surface area contributed by atoms with Crippen molar-refractivity contribution in [2.75, 3.05) is 5.73 Å². The molecule has 0 saturated carbocycles. The third-order valence-corrected chi connectivity index (χ3v) is 4.46. The van der Waals surface area contributed by atoms with Crippen molar-refractivity contribution in [3.63, 3.8) is 0 Å². The van der Waals surface area contributed by atoms with E-state index >= 15 is 0 Å². The Balaban J connectivity index is 1.48. The summed E-state index contributed by atoms with van der Waals surface area (Å²) in [7, 11) is 0. The van der Waals surface area contributed by atoms with Gasteiger partial charge in [-0.1, -0.05) is 35.9 Å². The third kappa shape index (κ3) is 4.10. The van der Waals surface area contributed by atoms with Crippen molar-refractivity contribution in [2.24, 2.45) is 4.99 Å². The zero-order valence-corrected chi connectivity index (χ0v) is 15.2. The lowest BCUT2D eigenvalue weighted by Gasteiger charge is -2.02. The summed E-state index contributed by atoms with van der Waals surface area (Å²) in [6.07, 6.45) is 1.72. The lowest BCUT2D eigenvalue weighted by molar-refractivity contribution is 0.575. The zero-order chi connectivity index (χ0) is 18.6. The molecule has 0 radical (unpaired) electrons. The van der Waals surface area contributed by atoms with Crippen LogP contribution < -0.4 is 5.73 Å². The van der Waals surface area contributed by atoms with E-state index in [9.17, 15) is 0 Å². The van der Waals surface area contributed by atoms with Crippen molar-refractivity contribution in [1.29, 1.82) is 0 Å². The molecule has 0 aliphatic heterocycles. The van der Waals surface area contributed by atoms with Crippen LogP contribution in [0.1, 0.15) is 5.76 Å². The van der Waals surface area contributed by atoms with E-state index in [2.05, 4.69) is 4.99 Å². The molecule has 2 N–H and O–H groups in total. The van der Waals surface area contributed by atoms with Crippen LogP contribution in [0.5, 0.6) is 0 Å². The Kier molecular flexibility index (Phi) is 4.77. The van der Waals surface area contributed by atoms with Crippen molar-refractivity contribution in [3.8, 4) is 22.5 Å². The SMILES string of the molecule is Nc1ccc(-c2ccc(N=Cc3ccc(-c4ccc(Cl)cc4)o3)cc2)cc1. The molecule has 0 spiro atoms. The smallest absolute Gasteiger partial charge is 0.145 e. The van der Waals surface area contributed by atoms with E-state index in [0.717, 1.165) is 33.8 Å². The molecule has 3 nitrogen and oxygen atoms in total. The number of nitrogens with zero attached hydrogens (tertiary/aromatic N) is 1. The molecule has 0 atom stereocenters. The molecule has 0 saturated heterocycles. The van der Waals surface area contributed by atoms with E-state index in [0.29, 0.717) is 10.8 Å². The van der Waals surface area contributed by atoms with Gasteiger partial charge in [0, 0.05) is 16.3 Å². The molecular formula is C23H17ClN2O. The second kappa shape index (κ2) is 7.52. The summed E-state index contributed by atoms with van der Waals surface area (Å²) in [4.78, 5) is 4.49. The number of rotatable bonds is 4. The van der Waals surface area contributed by atoms with E-state index in [1.165, 1.54) is 0 Å². The Bertz CT molecular complexity index is 1060. The van der Waals surface area contributed by atoms with Gasteiger partial charge in [0.05, 0.1) is 11.9 Å². The third-order valence-electron chi connectivity index (χ3n) is 4.21. The van der Waals surface area contributed by atoms with E-state index < -0.39 is 0 Å². The normalized spacial score (nSPS) is 11.1. The quantitative estimate of drug-likeness (QED) is 0.324. The van der Waals surface area contributed by atoms with E-state index in [4.69, 9.17) is 21.8 Å². The maximum Gasteiger partial charge on any atom is 0.145 e. The predicted molar refractivity (Wildman–Crippen MR) is 113 cm³/mol. The molecule has 0 aliphatic carbocycles. The Morgan fingerprint density at radius 1 is 0.704 bits per heavy atom. The number of nitrogen functional groups attached to an aromatic ring is 1. The number of nitrogens with two attached hydrogens (primary N) is 1. The van der Waals surface area contributed by atoms with Crippen molar-refractivity contribution in [1.82, 2.24) is 0 Å². The number of hydrogen-bond acceptors (Lipinski definition) is 3. The first-order chi connectivity index (χ1) is 13.2. The summed E-state index contributed by atoms with van der Waals surface area (Å²) in [5, 5.41) is 0.703. The van der Waals surface area contributed by atoms with Crippen LogP contribution in [0.3, 0.4) is 0 Å². The maximum absolute atomic E-state index is 5.92. The van der Waals surface area contributed by atoms with Gasteiger partial charge < -0.3 is 10.2 Å². The van der Waals surface area contributed by atoms with Crippen LogP contribution in [0.15, 0.2) is 94.3 Å². The Hall–Kier alpha value is -3.30. The molecule has 0 fully saturated rings. The Morgan fingerprint density at radius 2 is 1.30 bits per heavy atom. The molecule has 3 aromatic carbocycles. The Morgan fingerprint density at radius 3 is 1.96 bits per heavy atom. The largest absolute Gasteiger partial charge is 0.455 e. The summed E-state index contributed by atoms with van der Waals surface area (Å²) < 4.78 is 5.83. The molecule has 4 aromatic rings. The molecule has 0 bridgehead atoms. The van der Waals surface area contributed by atoms with Gasteiger partial charge in [-0.25, -0.2) is 0 Å². The van der Waals surface area contributed by atoms with Gasteiger partial charge in [0.1, 0.15) is 11.5 Å². The molecule has 4 rings (SSSR count). The first kappa shape index (κ1) is 17.1. The molecule has 1 aromatic heterocycles. The minimum absolute atomic E-state index is 0.697. The van der Waals surface area contributed by atoms with Gasteiger partial charge in [-0.05, 0) is 71.8 Å². The number of hydrogen-bond donors (Lipinski definition) is 1. The monoisotopic (exact) mass is 372 g/mol. The average Bonchev–Trinajstić information content (AvgIpc) is 3.17. The molecule has 0 unspecified atom stereocenters. The van der Waals surface area contributed by atoms with Gasteiger partial charge in [-0.2, -0.15) is 0 Å². The first-order valence-electron chi connectivity index (χ1n) is 8.53. The fourth-order valence-electron chi connectivity index (χ4n) is 2.75. The van der Waals surface area contributed by atoms with Crippen molar-refractivity contribution in [2.45, 2.75) is 0 Å². The molecule has 1 heterocycles. The number of anilines is 1. The second-order valence-electron chi connectivity index (χ2n) is 6.14. The fourth-order valence-corrected chi connectivity index (χ4v) is 2.87. The summed E-state index contributed by atoms with van der Waals surface area (Å²) in [5.74, 6) is 1.48. The summed E-state index contributed by atoms with van der Waals surface area (Å²) >= 11 is 5.92. The van der Waals surface area contributed by atoms with Crippen LogP contribution in [-0.4, -0.2) is 6.21 Å². The highest BCUT2D eigenvalue weighted by molar-refractivity contribution is 6.30. The maximum atomic E-state index is 5.92. The van der Waals surface area contributed by atoms with E-state index in [1.54, 1.807) is 6.21 Å². The number of aliphatic imine (C=N–C) groups is 1. The highest BCUT2D eigenvalue weighted by atomic mass is 35.5. The number of halogens is 1. The number of benzene rings is 3.